The van der Waals surface area contributed by atoms with E-state index < -0.39 is 0 Å². The van der Waals surface area contributed by atoms with Gasteiger partial charge in [-0.25, -0.2) is 0 Å². The van der Waals surface area contributed by atoms with Crippen LogP contribution in [0.1, 0.15) is 92.9 Å². The van der Waals surface area contributed by atoms with E-state index in [1.165, 1.54) is 43.3 Å². The van der Waals surface area contributed by atoms with Crippen LogP contribution in [0.2, 0.25) is 0 Å². The van der Waals surface area contributed by atoms with E-state index in [9.17, 15) is 9.90 Å². The fourth-order valence-corrected chi connectivity index (χ4v) is 3.95. The molecular weight excluding hydrogens is 296 g/mol. The van der Waals surface area contributed by atoms with Gasteiger partial charge in [0.05, 0.1) is 6.10 Å². The van der Waals surface area contributed by atoms with Gasteiger partial charge in [0.1, 0.15) is 5.78 Å². The molecule has 0 bridgehead atoms. The van der Waals surface area contributed by atoms with Gasteiger partial charge in [-0.1, -0.05) is 22.3 Å². The Labute approximate surface area is 149 Å². The van der Waals surface area contributed by atoms with Crippen LogP contribution in [-0.4, -0.2) is 17.0 Å². The van der Waals surface area contributed by atoms with Crippen molar-refractivity contribution in [3.63, 3.8) is 0 Å². The van der Waals surface area contributed by atoms with E-state index in [-0.39, 0.29) is 6.10 Å². The lowest BCUT2D eigenvalue weighted by Gasteiger charge is -2.25. The van der Waals surface area contributed by atoms with E-state index in [2.05, 4.69) is 27.7 Å². The fourth-order valence-electron chi connectivity index (χ4n) is 3.95. The SMILES string of the molecule is CC(=O)CC1CCC(C)=C(C)C1.CC1=C(C)CC(CC(C)O)CC1. The Balaban J connectivity index is 0.000000240. The van der Waals surface area contributed by atoms with Crippen molar-refractivity contribution in [1.82, 2.24) is 0 Å². The summed E-state index contributed by atoms with van der Waals surface area (Å²) in [6.45, 7) is 12.4. The van der Waals surface area contributed by atoms with Crippen molar-refractivity contribution in [3.8, 4) is 0 Å². The second-order valence-electron chi connectivity index (χ2n) is 8.33. The highest BCUT2D eigenvalue weighted by molar-refractivity contribution is 5.75. The molecule has 1 N–H and O–H groups in total. The minimum Gasteiger partial charge on any atom is -0.393 e. The molecule has 24 heavy (non-hydrogen) atoms. The Morgan fingerprint density at radius 1 is 0.958 bits per heavy atom. The summed E-state index contributed by atoms with van der Waals surface area (Å²) in [5.74, 6) is 1.70. The van der Waals surface area contributed by atoms with E-state index in [1.54, 1.807) is 18.1 Å². The molecule has 0 saturated carbocycles. The zero-order valence-electron chi connectivity index (χ0n) is 16.7. The van der Waals surface area contributed by atoms with Crippen molar-refractivity contribution in [2.24, 2.45) is 11.8 Å². The monoisotopic (exact) mass is 334 g/mol. The number of aliphatic hydroxyl groups is 1. The number of hydrogen-bond donors (Lipinski definition) is 1. The van der Waals surface area contributed by atoms with E-state index in [0.29, 0.717) is 11.7 Å². The highest BCUT2D eigenvalue weighted by atomic mass is 16.3. The predicted octanol–water partition coefficient (Wildman–Crippen LogP) is 6.00. The van der Waals surface area contributed by atoms with Crippen LogP contribution in [0.25, 0.3) is 0 Å². The lowest BCUT2D eigenvalue weighted by molar-refractivity contribution is -0.117. The minimum atomic E-state index is -0.124. The molecule has 2 nitrogen and oxygen atoms in total. The maximum Gasteiger partial charge on any atom is 0.130 e. The number of rotatable bonds is 4. The smallest absolute Gasteiger partial charge is 0.130 e. The van der Waals surface area contributed by atoms with E-state index in [4.69, 9.17) is 0 Å². The Hall–Kier alpha value is -0.890. The first-order valence-electron chi connectivity index (χ1n) is 9.67. The molecule has 0 aromatic carbocycles. The first-order valence-corrected chi connectivity index (χ1v) is 9.67. The Morgan fingerprint density at radius 3 is 1.83 bits per heavy atom. The topological polar surface area (TPSA) is 37.3 Å². The third kappa shape index (κ3) is 7.79. The minimum absolute atomic E-state index is 0.124. The van der Waals surface area contributed by atoms with E-state index in [1.807, 2.05) is 6.92 Å². The van der Waals surface area contributed by atoms with E-state index >= 15 is 0 Å². The van der Waals surface area contributed by atoms with Gasteiger partial charge >= 0.3 is 0 Å². The number of aliphatic hydroxyl groups excluding tert-OH is 1. The maximum atomic E-state index is 10.9. The van der Waals surface area contributed by atoms with Crippen LogP contribution >= 0.6 is 0 Å². The second-order valence-corrected chi connectivity index (χ2v) is 8.33. The number of ketones is 1. The molecule has 2 heteroatoms. The first-order chi connectivity index (χ1) is 11.2. The number of allylic oxidation sites excluding steroid dienone is 4. The molecule has 0 aliphatic heterocycles. The molecule has 0 amide bonds. The molecule has 0 radical (unpaired) electrons. The average Bonchev–Trinajstić information content (AvgIpc) is 2.46. The highest BCUT2D eigenvalue weighted by Crippen LogP contribution is 2.32. The van der Waals surface area contributed by atoms with Gasteiger partial charge in [0.15, 0.2) is 0 Å². The quantitative estimate of drug-likeness (QED) is 0.641. The third-order valence-corrected chi connectivity index (χ3v) is 5.75. The molecule has 0 aromatic rings. The molecule has 3 unspecified atom stereocenters. The van der Waals surface area contributed by atoms with Crippen LogP contribution in [-0.2, 0) is 4.79 Å². The molecule has 0 saturated heterocycles. The molecule has 2 aliphatic rings. The number of hydrogen-bond acceptors (Lipinski definition) is 2. The lowest BCUT2D eigenvalue weighted by atomic mass is 9.82. The summed E-state index contributed by atoms with van der Waals surface area (Å²) < 4.78 is 0. The average molecular weight is 335 g/mol. The van der Waals surface area contributed by atoms with Crippen LogP contribution in [0.5, 0.6) is 0 Å². The van der Waals surface area contributed by atoms with Crippen molar-refractivity contribution >= 4 is 5.78 Å². The van der Waals surface area contributed by atoms with Gasteiger partial charge in [-0.3, -0.25) is 0 Å². The maximum absolute atomic E-state index is 10.9. The summed E-state index contributed by atoms with van der Waals surface area (Å²) in [5, 5.41) is 9.24. The van der Waals surface area contributed by atoms with Gasteiger partial charge in [0.2, 0.25) is 0 Å². The van der Waals surface area contributed by atoms with Crippen molar-refractivity contribution in [3.05, 3.63) is 22.3 Å². The third-order valence-electron chi connectivity index (χ3n) is 5.75. The van der Waals surface area contributed by atoms with Crippen molar-refractivity contribution in [2.45, 2.75) is 99.0 Å². The van der Waals surface area contributed by atoms with Crippen LogP contribution in [0, 0.1) is 11.8 Å². The summed E-state index contributed by atoms with van der Waals surface area (Å²) >= 11 is 0. The summed E-state index contributed by atoms with van der Waals surface area (Å²) in [6.07, 6.45) is 8.91. The van der Waals surface area contributed by atoms with Gasteiger partial charge in [0.25, 0.3) is 0 Å². The molecule has 0 heterocycles. The van der Waals surface area contributed by atoms with Crippen LogP contribution in [0.4, 0.5) is 0 Å². The van der Waals surface area contributed by atoms with Gasteiger partial charge in [0, 0.05) is 6.42 Å². The van der Waals surface area contributed by atoms with Gasteiger partial charge < -0.3 is 9.90 Å². The molecular formula is C22H38O2. The zero-order chi connectivity index (χ0) is 18.3. The fraction of sp³-hybridized carbons (Fsp3) is 0.773. The summed E-state index contributed by atoms with van der Waals surface area (Å²) in [4.78, 5) is 10.9. The van der Waals surface area contributed by atoms with Gasteiger partial charge in [-0.2, -0.15) is 0 Å². The summed E-state index contributed by atoms with van der Waals surface area (Å²) in [5.41, 5.74) is 6.16. The Kier molecular flexibility index (Phi) is 8.97. The lowest BCUT2D eigenvalue weighted by Crippen LogP contribution is -2.14. The number of carbonyl (C=O) groups excluding carboxylic acids is 1. The second kappa shape index (κ2) is 10.2. The summed E-state index contributed by atoms with van der Waals surface area (Å²) in [7, 11) is 0. The van der Waals surface area contributed by atoms with Gasteiger partial charge in [-0.15, -0.1) is 0 Å². The van der Waals surface area contributed by atoms with Gasteiger partial charge in [-0.05, 0) is 98.3 Å². The number of carbonyl (C=O) groups is 1. The Morgan fingerprint density at radius 2 is 1.42 bits per heavy atom. The zero-order valence-corrected chi connectivity index (χ0v) is 16.7. The molecule has 2 rings (SSSR count). The van der Waals surface area contributed by atoms with E-state index in [0.717, 1.165) is 25.2 Å². The molecule has 0 fully saturated rings. The molecule has 2 aliphatic carbocycles. The molecule has 138 valence electrons. The van der Waals surface area contributed by atoms with Crippen LogP contribution in [0.15, 0.2) is 22.3 Å². The standard InChI is InChI=1S/C11H20O.C11H18O/c2*1-8-4-5-11(6-9(8)2)7-10(3)12/h10-12H,4-7H2,1-3H3;11H,4-7H2,1-3H3. The highest BCUT2D eigenvalue weighted by Gasteiger charge is 2.18. The normalized spacial score (nSPS) is 26.0. The van der Waals surface area contributed by atoms with Crippen LogP contribution < -0.4 is 0 Å². The summed E-state index contributed by atoms with van der Waals surface area (Å²) in [6, 6.07) is 0. The largest absolute Gasteiger partial charge is 0.393 e. The molecule has 0 spiro atoms. The van der Waals surface area contributed by atoms with Crippen molar-refractivity contribution in [1.29, 1.82) is 0 Å². The predicted molar refractivity (Wildman–Crippen MR) is 103 cm³/mol. The van der Waals surface area contributed by atoms with Crippen molar-refractivity contribution < 1.29 is 9.90 Å². The van der Waals surface area contributed by atoms with Crippen molar-refractivity contribution in [2.75, 3.05) is 0 Å². The first kappa shape index (κ1) is 21.2. The number of Topliss-reactive ketones (excluding diaryl/α,β-unsaturated/α-hetero) is 1. The van der Waals surface area contributed by atoms with Crippen LogP contribution in [0.3, 0.4) is 0 Å². The molecule has 0 aromatic heterocycles. The molecule has 3 atom stereocenters. The Bertz CT molecular complexity index is 482.